The fraction of sp³-hybridized carbons (Fsp3) is 0.581. The predicted molar refractivity (Wildman–Crippen MR) is 152 cm³/mol. The molecule has 1 unspecified atom stereocenters. The number of ketones is 2. The number of amides is 1. The second-order valence-corrected chi connectivity index (χ2v) is 14.1. The molecule has 6 atom stereocenters. The lowest BCUT2D eigenvalue weighted by molar-refractivity contribution is -0.132. The first-order valence-corrected chi connectivity index (χ1v) is 16.1. The summed E-state index contributed by atoms with van der Waals surface area (Å²) in [6.45, 7) is 5.95. The molecule has 7 nitrogen and oxygen atoms in total. The van der Waals surface area contributed by atoms with Crippen LogP contribution in [-0.4, -0.2) is 49.7 Å². The molecule has 1 saturated heterocycles. The average molecular weight is 556 g/mol. The highest BCUT2D eigenvalue weighted by Crippen LogP contribution is 2.36. The van der Waals surface area contributed by atoms with Gasteiger partial charge in [-0.25, -0.2) is 8.42 Å². The summed E-state index contributed by atoms with van der Waals surface area (Å²) in [4.78, 5) is 39.3. The second kappa shape index (κ2) is 12.3. The highest BCUT2D eigenvalue weighted by molar-refractivity contribution is 7.91. The molecule has 212 valence electrons. The van der Waals surface area contributed by atoms with Crippen molar-refractivity contribution < 1.29 is 27.5 Å². The number of sulfone groups is 1. The molecule has 1 heterocycles. The van der Waals surface area contributed by atoms with Crippen molar-refractivity contribution in [3.8, 4) is 0 Å². The lowest BCUT2D eigenvalue weighted by Gasteiger charge is -2.25. The Morgan fingerprint density at radius 2 is 1.79 bits per heavy atom. The summed E-state index contributed by atoms with van der Waals surface area (Å²) >= 11 is 0. The number of Topliss-reactive ketones (excluding diaryl/α,β-unsaturated/α-hetero) is 2. The highest BCUT2D eigenvalue weighted by atomic mass is 32.2. The maximum absolute atomic E-state index is 13.6. The van der Waals surface area contributed by atoms with Crippen LogP contribution < -0.4 is 5.32 Å². The standard InChI is InChI=1S/C31H41NO6S/c1-19(2)15-24(18-28(34)20(3)16-22-11-7-10-21-9-5-6-13-25(21)22)30(35)32-26(17-23-12-8-14-27(23)33)29-31(38-29)39(4,36)37/h5-7,9-11,13,19-20,23-24,26,29,31H,8,12,14-18H2,1-4H3,(H,32,35)/t20-,23?,24+,26-,29+,31+/m0/s1. The zero-order chi connectivity index (χ0) is 28.3. The van der Waals surface area contributed by atoms with Gasteiger partial charge in [-0.2, -0.15) is 0 Å². The minimum Gasteiger partial charge on any atom is -0.350 e. The largest absolute Gasteiger partial charge is 0.350 e. The van der Waals surface area contributed by atoms with Gasteiger partial charge in [0.15, 0.2) is 15.3 Å². The number of fused-ring (bicyclic) bond motifs is 1. The monoisotopic (exact) mass is 555 g/mol. The first-order valence-electron chi connectivity index (χ1n) is 14.1. The van der Waals surface area contributed by atoms with E-state index in [0.29, 0.717) is 25.7 Å². The molecule has 2 fully saturated rings. The fourth-order valence-electron chi connectivity index (χ4n) is 5.97. The van der Waals surface area contributed by atoms with Crippen LogP contribution in [0.15, 0.2) is 42.5 Å². The SMILES string of the molecule is CC(C)C[C@H](CC(=O)[C@@H](C)Cc1cccc2ccccc12)C(=O)N[C@@H](CC1CCCC1=O)[C@H]1O[C@@H]1S(C)(=O)=O. The van der Waals surface area contributed by atoms with Gasteiger partial charge in [-0.05, 0) is 54.4 Å². The van der Waals surface area contributed by atoms with E-state index in [1.54, 1.807) is 0 Å². The van der Waals surface area contributed by atoms with Crippen LogP contribution >= 0.6 is 0 Å². The Morgan fingerprint density at radius 1 is 1.08 bits per heavy atom. The molecule has 2 aromatic rings. The molecule has 0 aromatic heterocycles. The van der Waals surface area contributed by atoms with Crippen LogP contribution in [0.4, 0.5) is 0 Å². The number of epoxide rings is 1. The molecule has 1 N–H and O–H groups in total. The number of carbonyl (C=O) groups excluding carboxylic acids is 3. The molecule has 2 aliphatic rings. The zero-order valence-electron chi connectivity index (χ0n) is 23.4. The van der Waals surface area contributed by atoms with E-state index in [9.17, 15) is 22.8 Å². The van der Waals surface area contributed by atoms with Crippen LogP contribution in [0.1, 0.15) is 64.9 Å². The number of hydrogen-bond donors (Lipinski definition) is 1. The van der Waals surface area contributed by atoms with Crippen LogP contribution in [0.2, 0.25) is 0 Å². The summed E-state index contributed by atoms with van der Waals surface area (Å²) in [7, 11) is -3.43. The van der Waals surface area contributed by atoms with Gasteiger partial charge in [-0.15, -0.1) is 0 Å². The molecule has 2 aromatic carbocycles. The van der Waals surface area contributed by atoms with Gasteiger partial charge in [0.05, 0.1) is 6.04 Å². The smallest absolute Gasteiger partial charge is 0.223 e. The molecule has 1 saturated carbocycles. The molecule has 0 bridgehead atoms. The molecule has 0 radical (unpaired) electrons. The normalized spacial score (nSPS) is 23.5. The quantitative estimate of drug-likeness (QED) is 0.360. The number of hydrogen-bond acceptors (Lipinski definition) is 6. The van der Waals surface area contributed by atoms with Gasteiger partial charge in [0.2, 0.25) is 5.91 Å². The predicted octanol–water partition coefficient (Wildman–Crippen LogP) is 4.65. The molecule has 1 amide bonds. The van der Waals surface area contributed by atoms with Crippen LogP contribution in [0.3, 0.4) is 0 Å². The van der Waals surface area contributed by atoms with Gasteiger partial charge in [-0.3, -0.25) is 14.4 Å². The third kappa shape index (κ3) is 7.54. The van der Waals surface area contributed by atoms with E-state index in [4.69, 9.17) is 4.74 Å². The van der Waals surface area contributed by atoms with Crippen molar-refractivity contribution in [3.05, 3.63) is 48.0 Å². The maximum atomic E-state index is 13.6. The summed E-state index contributed by atoms with van der Waals surface area (Å²) in [5, 5.41) is 5.28. The highest BCUT2D eigenvalue weighted by Gasteiger charge is 2.53. The Morgan fingerprint density at radius 3 is 2.44 bits per heavy atom. The van der Waals surface area contributed by atoms with Crippen molar-refractivity contribution >= 4 is 38.1 Å². The third-order valence-corrected chi connectivity index (χ3v) is 9.35. The lowest BCUT2D eigenvalue weighted by atomic mass is 9.85. The van der Waals surface area contributed by atoms with Crippen LogP contribution in [0.5, 0.6) is 0 Å². The number of ether oxygens (including phenoxy) is 1. The summed E-state index contributed by atoms with van der Waals surface area (Å²) in [5.74, 6) is -0.892. The summed E-state index contributed by atoms with van der Waals surface area (Å²) in [6.07, 6.45) is 4.13. The van der Waals surface area contributed by atoms with Gasteiger partial charge in [0.25, 0.3) is 0 Å². The molecule has 1 aliphatic carbocycles. The van der Waals surface area contributed by atoms with Crippen LogP contribution in [-0.2, 0) is 35.4 Å². The lowest BCUT2D eigenvalue weighted by Crippen LogP contribution is -2.45. The Bertz CT molecular complexity index is 1310. The van der Waals surface area contributed by atoms with E-state index < -0.39 is 33.3 Å². The Kier molecular flexibility index (Phi) is 9.27. The van der Waals surface area contributed by atoms with Crippen molar-refractivity contribution in [2.75, 3.05) is 6.26 Å². The summed E-state index contributed by atoms with van der Waals surface area (Å²) in [6, 6.07) is 13.6. The van der Waals surface area contributed by atoms with Gasteiger partial charge in [0, 0.05) is 36.9 Å². The second-order valence-electron chi connectivity index (χ2n) is 11.9. The van der Waals surface area contributed by atoms with E-state index in [1.165, 1.54) is 0 Å². The van der Waals surface area contributed by atoms with Crippen molar-refractivity contribution in [1.82, 2.24) is 5.32 Å². The third-order valence-electron chi connectivity index (χ3n) is 8.13. The van der Waals surface area contributed by atoms with Gasteiger partial charge >= 0.3 is 0 Å². The van der Waals surface area contributed by atoms with Crippen molar-refractivity contribution in [1.29, 1.82) is 0 Å². The van der Waals surface area contributed by atoms with Crippen molar-refractivity contribution in [2.45, 2.75) is 83.3 Å². The Balaban J connectivity index is 1.45. The number of benzene rings is 2. The van der Waals surface area contributed by atoms with E-state index in [2.05, 4.69) is 23.5 Å². The van der Waals surface area contributed by atoms with Gasteiger partial charge in [0.1, 0.15) is 17.7 Å². The zero-order valence-corrected chi connectivity index (χ0v) is 24.2. The maximum Gasteiger partial charge on any atom is 0.223 e. The summed E-state index contributed by atoms with van der Waals surface area (Å²) < 4.78 is 29.6. The summed E-state index contributed by atoms with van der Waals surface area (Å²) in [5.41, 5.74) is 0.142. The van der Waals surface area contributed by atoms with Crippen molar-refractivity contribution in [3.63, 3.8) is 0 Å². The Labute approximate surface area is 232 Å². The Hall–Kier alpha value is -2.58. The first-order chi connectivity index (χ1) is 18.4. The van der Waals surface area contributed by atoms with Gasteiger partial charge < -0.3 is 10.1 Å². The van der Waals surface area contributed by atoms with Gasteiger partial charge in [-0.1, -0.05) is 63.2 Å². The molecular weight excluding hydrogens is 514 g/mol. The van der Waals surface area contributed by atoms with E-state index in [0.717, 1.165) is 35.4 Å². The topological polar surface area (TPSA) is 110 Å². The average Bonchev–Trinajstić information content (AvgIpc) is 3.60. The van der Waals surface area contributed by atoms with E-state index in [1.807, 2.05) is 45.0 Å². The fourth-order valence-corrected chi connectivity index (χ4v) is 6.98. The number of rotatable bonds is 13. The molecule has 4 rings (SSSR count). The van der Waals surface area contributed by atoms with E-state index in [-0.39, 0.29) is 41.6 Å². The van der Waals surface area contributed by atoms with Crippen LogP contribution in [0.25, 0.3) is 10.8 Å². The first kappa shape index (κ1) is 29.4. The molecule has 8 heteroatoms. The molecule has 0 spiro atoms. The van der Waals surface area contributed by atoms with Crippen LogP contribution in [0, 0.1) is 23.7 Å². The minimum absolute atomic E-state index is 0.0305. The molecule has 39 heavy (non-hydrogen) atoms. The van der Waals surface area contributed by atoms with Crippen molar-refractivity contribution in [2.24, 2.45) is 23.7 Å². The molecular formula is C31H41NO6S. The molecule has 1 aliphatic heterocycles. The minimum atomic E-state index is -3.43. The number of carbonyl (C=O) groups is 3. The van der Waals surface area contributed by atoms with E-state index >= 15 is 0 Å². The number of nitrogens with one attached hydrogen (secondary N) is 1.